The van der Waals surface area contributed by atoms with Crippen LogP contribution in [-0.2, 0) is 11.2 Å². The summed E-state index contributed by atoms with van der Waals surface area (Å²) in [6.45, 7) is 1.44. The fraction of sp³-hybridized carbons (Fsp3) is 0.444. The molecule has 0 saturated carbocycles. The number of nitrogens with zero attached hydrogens (tertiary/aromatic N) is 3. The average Bonchev–Trinajstić information content (AvgIpc) is 3.13. The third-order valence-electron chi connectivity index (χ3n) is 4.61. The van der Waals surface area contributed by atoms with E-state index in [1.165, 1.54) is 0 Å². The van der Waals surface area contributed by atoms with E-state index in [4.69, 9.17) is 5.73 Å². The fourth-order valence-electron chi connectivity index (χ4n) is 3.25. The Morgan fingerprint density at radius 1 is 1.36 bits per heavy atom. The lowest BCUT2D eigenvalue weighted by Gasteiger charge is -2.32. The van der Waals surface area contributed by atoms with Crippen LogP contribution < -0.4 is 5.73 Å². The van der Waals surface area contributed by atoms with Crippen LogP contribution in [0.3, 0.4) is 0 Å². The number of rotatable bonds is 6. The van der Waals surface area contributed by atoms with Gasteiger partial charge in [-0.05, 0) is 43.9 Å². The lowest BCUT2D eigenvalue weighted by molar-refractivity contribution is -0.132. The molecule has 1 aliphatic rings. The average molecular weight is 341 g/mol. The van der Waals surface area contributed by atoms with E-state index in [0.29, 0.717) is 13.0 Å². The summed E-state index contributed by atoms with van der Waals surface area (Å²) in [5, 5.41) is 6.82. The fourth-order valence-corrected chi connectivity index (χ4v) is 3.25. The predicted octanol–water partition coefficient (Wildman–Crippen LogP) is 1.63. The lowest BCUT2D eigenvalue weighted by Crippen LogP contribution is -2.39. The Hall–Kier alpha value is -2.70. The smallest absolute Gasteiger partial charge is 0.269 e. The summed E-state index contributed by atoms with van der Waals surface area (Å²) in [5.41, 5.74) is 7.38. The Morgan fingerprint density at radius 3 is 2.96 bits per heavy atom. The Balaban J connectivity index is 1.51. The number of aromatic amines is 1. The second-order valence-electron chi connectivity index (χ2n) is 6.43. The zero-order valence-corrected chi connectivity index (χ0v) is 14.1. The molecule has 2 amide bonds. The minimum absolute atomic E-state index is 0.175. The molecule has 3 heterocycles. The van der Waals surface area contributed by atoms with Crippen molar-refractivity contribution in [3.8, 4) is 0 Å². The number of nitrogens with two attached hydrogens (primary N) is 1. The van der Waals surface area contributed by atoms with E-state index in [1.807, 2.05) is 23.1 Å². The lowest BCUT2D eigenvalue weighted by atomic mass is 9.94. The molecule has 2 aromatic heterocycles. The van der Waals surface area contributed by atoms with Gasteiger partial charge in [-0.2, -0.15) is 5.10 Å². The Kier molecular flexibility index (Phi) is 5.42. The van der Waals surface area contributed by atoms with Gasteiger partial charge in [0.15, 0.2) is 0 Å². The number of pyridine rings is 1. The summed E-state index contributed by atoms with van der Waals surface area (Å²) in [7, 11) is 0. The van der Waals surface area contributed by atoms with E-state index < -0.39 is 5.91 Å². The molecule has 132 valence electrons. The number of hydrogen-bond acceptors (Lipinski definition) is 4. The largest absolute Gasteiger partial charge is 0.364 e. The maximum absolute atomic E-state index is 12.5. The second kappa shape index (κ2) is 7.92. The normalized spacial score (nSPS) is 17.4. The minimum Gasteiger partial charge on any atom is -0.364 e. The van der Waals surface area contributed by atoms with Crippen molar-refractivity contribution < 1.29 is 9.59 Å². The van der Waals surface area contributed by atoms with Crippen LogP contribution in [0.1, 0.15) is 53.5 Å². The number of primary amides is 1. The van der Waals surface area contributed by atoms with Gasteiger partial charge in [0.2, 0.25) is 5.91 Å². The van der Waals surface area contributed by atoms with Crippen LogP contribution in [0.25, 0.3) is 0 Å². The summed E-state index contributed by atoms with van der Waals surface area (Å²) >= 11 is 0. The SMILES string of the molecule is NC(=O)c1cc([C@@H]2CCCN(C(=O)CCCc3ccccn3)C2)[nH]n1. The van der Waals surface area contributed by atoms with Crippen LogP contribution in [0.15, 0.2) is 30.5 Å². The van der Waals surface area contributed by atoms with Gasteiger partial charge in [0, 0.05) is 43.0 Å². The second-order valence-corrected chi connectivity index (χ2v) is 6.43. The van der Waals surface area contributed by atoms with Gasteiger partial charge >= 0.3 is 0 Å². The zero-order chi connectivity index (χ0) is 17.6. The Bertz CT molecular complexity index is 728. The van der Waals surface area contributed by atoms with Gasteiger partial charge in [-0.1, -0.05) is 6.07 Å². The first-order valence-corrected chi connectivity index (χ1v) is 8.66. The summed E-state index contributed by atoms with van der Waals surface area (Å²) < 4.78 is 0. The minimum atomic E-state index is -0.541. The number of aryl methyl sites for hydroxylation is 1. The Labute approximate surface area is 146 Å². The monoisotopic (exact) mass is 341 g/mol. The molecule has 0 aromatic carbocycles. The van der Waals surface area contributed by atoms with E-state index in [1.54, 1.807) is 12.3 Å². The number of piperidine rings is 1. The van der Waals surface area contributed by atoms with Crippen molar-refractivity contribution in [2.45, 2.75) is 38.0 Å². The van der Waals surface area contributed by atoms with Gasteiger partial charge in [-0.25, -0.2) is 0 Å². The molecule has 0 aliphatic carbocycles. The molecule has 0 radical (unpaired) electrons. The molecule has 3 N–H and O–H groups in total. The van der Waals surface area contributed by atoms with E-state index in [9.17, 15) is 9.59 Å². The van der Waals surface area contributed by atoms with Gasteiger partial charge in [0.25, 0.3) is 5.91 Å². The summed E-state index contributed by atoms with van der Waals surface area (Å²) in [4.78, 5) is 29.9. The summed E-state index contributed by atoms with van der Waals surface area (Å²) in [6.07, 6.45) is 5.83. The molecule has 1 saturated heterocycles. The van der Waals surface area contributed by atoms with Crippen LogP contribution in [0, 0.1) is 0 Å². The summed E-state index contributed by atoms with van der Waals surface area (Å²) in [5.74, 6) is -0.190. The standard InChI is InChI=1S/C18H23N5O2/c19-18(25)16-11-15(21-22-16)13-5-4-10-23(12-13)17(24)8-3-7-14-6-1-2-9-20-14/h1-2,6,9,11,13H,3-5,7-8,10,12H2,(H2,19,25)(H,21,22)/t13-/m1/s1. The van der Waals surface area contributed by atoms with E-state index in [2.05, 4.69) is 15.2 Å². The molecule has 25 heavy (non-hydrogen) atoms. The molecule has 1 aliphatic heterocycles. The van der Waals surface area contributed by atoms with Crippen molar-refractivity contribution in [1.29, 1.82) is 0 Å². The van der Waals surface area contributed by atoms with Crippen LogP contribution in [0.5, 0.6) is 0 Å². The topological polar surface area (TPSA) is 105 Å². The van der Waals surface area contributed by atoms with E-state index >= 15 is 0 Å². The van der Waals surface area contributed by atoms with E-state index in [-0.39, 0.29) is 17.5 Å². The van der Waals surface area contributed by atoms with Crippen LogP contribution >= 0.6 is 0 Å². The highest BCUT2D eigenvalue weighted by Crippen LogP contribution is 2.26. The van der Waals surface area contributed by atoms with Crippen molar-refractivity contribution in [1.82, 2.24) is 20.1 Å². The molecule has 7 nitrogen and oxygen atoms in total. The molecular weight excluding hydrogens is 318 g/mol. The van der Waals surface area contributed by atoms with Crippen molar-refractivity contribution >= 4 is 11.8 Å². The summed E-state index contributed by atoms with van der Waals surface area (Å²) in [6, 6.07) is 7.53. The number of H-pyrrole nitrogens is 1. The third kappa shape index (κ3) is 4.43. The zero-order valence-electron chi connectivity index (χ0n) is 14.1. The van der Waals surface area contributed by atoms with Gasteiger partial charge in [0.05, 0.1) is 0 Å². The van der Waals surface area contributed by atoms with E-state index in [0.717, 1.165) is 43.6 Å². The van der Waals surface area contributed by atoms with Gasteiger partial charge in [-0.15, -0.1) is 0 Å². The van der Waals surface area contributed by atoms with Crippen molar-refractivity contribution in [2.75, 3.05) is 13.1 Å². The van der Waals surface area contributed by atoms with Crippen LogP contribution in [0.4, 0.5) is 0 Å². The first kappa shape index (κ1) is 17.1. The number of aromatic nitrogens is 3. The first-order valence-electron chi connectivity index (χ1n) is 8.66. The Morgan fingerprint density at radius 2 is 2.24 bits per heavy atom. The number of amides is 2. The third-order valence-corrected chi connectivity index (χ3v) is 4.61. The van der Waals surface area contributed by atoms with Crippen LogP contribution in [0.2, 0.25) is 0 Å². The predicted molar refractivity (Wildman–Crippen MR) is 92.8 cm³/mol. The highest BCUT2D eigenvalue weighted by Gasteiger charge is 2.26. The quantitative estimate of drug-likeness (QED) is 0.833. The molecule has 2 aromatic rings. The first-order chi connectivity index (χ1) is 12.1. The van der Waals surface area contributed by atoms with Gasteiger partial charge in [0.1, 0.15) is 5.69 Å². The van der Waals surface area contributed by atoms with Gasteiger partial charge < -0.3 is 10.6 Å². The van der Waals surface area contributed by atoms with Crippen molar-refractivity contribution in [3.63, 3.8) is 0 Å². The van der Waals surface area contributed by atoms with Gasteiger partial charge in [-0.3, -0.25) is 19.7 Å². The molecular formula is C18H23N5O2. The number of carbonyl (C=O) groups is 2. The molecule has 1 fully saturated rings. The number of hydrogen-bond donors (Lipinski definition) is 2. The molecule has 0 unspecified atom stereocenters. The highest BCUT2D eigenvalue weighted by atomic mass is 16.2. The van der Waals surface area contributed by atoms with Crippen LogP contribution in [-0.4, -0.2) is 45.0 Å². The van der Waals surface area contributed by atoms with Crippen molar-refractivity contribution in [2.24, 2.45) is 5.73 Å². The number of carbonyl (C=O) groups excluding carboxylic acids is 2. The molecule has 0 spiro atoms. The molecule has 3 rings (SSSR count). The molecule has 0 bridgehead atoms. The molecule has 7 heteroatoms. The molecule has 1 atom stereocenters. The maximum Gasteiger partial charge on any atom is 0.269 e. The highest BCUT2D eigenvalue weighted by molar-refractivity contribution is 5.90. The van der Waals surface area contributed by atoms with Crippen molar-refractivity contribution in [3.05, 3.63) is 47.5 Å². The number of likely N-dealkylation sites (tertiary alicyclic amines) is 1. The maximum atomic E-state index is 12.5. The number of nitrogens with one attached hydrogen (secondary N) is 1.